The van der Waals surface area contributed by atoms with Crippen LogP contribution in [0.3, 0.4) is 0 Å². The summed E-state index contributed by atoms with van der Waals surface area (Å²) in [5, 5.41) is 10.8. The standard InChI is InChI=1S/C10H12N2O4S/c1-11(2)5-4-8-7(12(14)15)6-9(17-8)10(13)16-3/h4-6H,1-3H3/b5-4+. The fraction of sp³-hybridized carbons (Fsp3) is 0.300. The van der Waals surface area contributed by atoms with E-state index in [1.165, 1.54) is 13.2 Å². The van der Waals surface area contributed by atoms with Gasteiger partial charge in [-0.1, -0.05) is 0 Å². The van der Waals surface area contributed by atoms with Crippen molar-refractivity contribution in [2.24, 2.45) is 0 Å². The molecule has 1 aromatic heterocycles. The molecule has 0 saturated carbocycles. The number of hydrogen-bond acceptors (Lipinski definition) is 6. The van der Waals surface area contributed by atoms with Crippen LogP contribution in [-0.2, 0) is 4.74 Å². The highest BCUT2D eigenvalue weighted by atomic mass is 32.1. The quantitative estimate of drug-likeness (QED) is 0.468. The van der Waals surface area contributed by atoms with Gasteiger partial charge in [0.1, 0.15) is 9.75 Å². The predicted molar refractivity (Wildman–Crippen MR) is 65.0 cm³/mol. The van der Waals surface area contributed by atoms with Crippen LogP contribution in [0.4, 0.5) is 5.69 Å². The molecule has 0 N–H and O–H groups in total. The smallest absolute Gasteiger partial charge is 0.348 e. The average Bonchev–Trinajstić information content (AvgIpc) is 2.69. The molecule has 92 valence electrons. The van der Waals surface area contributed by atoms with Gasteiger partial charge in [0.15, 0.2) is 0 Å². The van der Waals surface area contributed by atoms with E-state index in [2.05, 4.69) is 4.74 Å². The Bertz CT molecular complexity index is 465. The van der Waals surface area contributed by atoms with Crippen LogP contribution in [0.15, 0.2) is 12.3 Å². The molecule has 7 heteroatoms. The minimum Gasteiger partial charge on any atom is -0.465 e. The summed E-state index contributed by atoms with van der Waals surface area (Å²) in [5.41, 5.74) is -0.0894. The first-order chi connectivity index (χ1) is 7.95. The molecule has 0 aliphatic rings. The normalized spacial score (nSPS) is 10.5. The summed E-state index contributed by atoms with van der Waals surface area (Å²) in [4.78, 5) is 24.0. The Labute approximate surface area is 102 Å². The number of hydrogen-bond donors (Lipinski definition) is 0. The van der Waals surface area contributed by atoms with E-state index in [9.17, 15) is 14.9 Å². The molecule has 0 spiro atoms. The van der Waals surface area contributed by atoms with Gasteiger partial charge in [-0.2, -0.15) is 0 Å². The molecule has 0 unspecified atom stereocenters. The number of ether oxygens (including phenoxy) is 1. The lowest BCUT2D eigenvalue weighted by Gasteiger charge is -2.01. The van der Waals surface area contributed by atoms with Crippen LogP contribution in [0.5, 0.6) is 0 Å². The van der Waals surface area contributed by atoms with Crippen LogP contribution in [0.2, 0.25) is 0 Å². The molecule has 1 rings (SSSR count). The lowest BCUT2D eigenvalue weighted by molar-refractivity contribution is -0.384. The first kappa shape index (κ1) is 13.2. The van der Waals surface area contributed by atoms with E-state index in [1.807, 2.05) is 0 Å². The molecule has 0 aliphatic carbocycles. The van der Waals surface area contributed by atoms with Gasteiger partial charge >= 0.3 is 5.97 Å². The third-order valence-electron chi connectivity index (χ3n) is 1.85. The van der Waals surface area contributed by atoms with Crippen molar-refractivity contribution in [1.82, 2.24) is 4.90 Å². The number of carbonyl (C=O) groups is 1. The van der Waals surface area contributed by atoms with E-state index in [0.717, 1.165) is 11.3 Å². The third kappa shape index (κ3) is 3.28. The zero-order valence-electron chi connectivity index (χ0n) is 9.67. The summed E-state index contributed by atoms with van der Waals surface area (Å²) < 4.78 is 4.52. The maximum atomic E-state index is 11.3. The van der Waals surface area contributed by atoms with Crippen LogP contribution in [0.25, 0.3) is 6.08 Å². The highest BCUT2D eigenvalue weighted by Crippen LogP contribution is 2.30. The largest absolute Gasteiger partial charge is 0.465 e. The molecule has 1 heterocycles. The van der Waals surface area contributed by atoms with Gasteiger partial charge in [-0.25, -0.2) is 4.79 Å². The molecule has 0 atom stereocenters. The lowest BCUT2D eigenvalue weighted by atomic mass is 10.3. The van der Waals surface area contributed by atoms with E-state index in [1.54, 1.807) is 31.3 Å². The molecule has 0 bridgehead atoms. The second kappa shape index (κ2) is 5.44. The molecule has 1 aromatic rings. The van der Waals surface area contributed by atoms with Gasteiger partial charge in [0.25, 0.3) is 5.69 Å². The Kier molecular flexibility index (Phi) is 4.22. The topological polar surface area (TPSA) is 72.7 Å². The van der Waals surface area contributed by atoms with E-state index in [4.69, 9.17) is 0 Å². The Morgan fingerprint density at radius 1 is 1.59 bits per heavy atom. The summed E-state index contributed by atoms with van der Waals surface area (Å²) in [6, 6.07) is 1.23. The Balaban J connectivity index is 3.14. The van der Waals surface area contributed by atoms with Gasteiger partial charge in [-0.15, -0.1) is 11.3 Å². The van der Waals surface area contributed by atoms with Crippen molar-refractivity contribution in [2.45, 2.75) is 0 Å². The number of nitrogens with zero attached hydrogens (tertiary/aromatic N) is 2. The zero-order chi connectivity index (χ0) is 13.0. The van der Waals surface area contributed by atoms with Crippen molar-refractivity contribution in [2.75, 3.05) is 21.2 Å². The Morgan fingerprint density at radius 3 is 2.71 bits per heavy atom. The summed E-state index contributed by atoms with van der Waals surface area (Å²) in [5.74, 6) is -0.567. The minimum absolute atomic E-state index is 0.0894. The molecular formula is C10H12N2O4S. The van der Waals surface area contributed by atoms with Crippen LogP contribution < -0.4 is 0 Å². The molecule has 0 fully saturated rings. The van der Waals surface area contributed by atoms with Crippen LogP contribution in [-0.4, -0.2) is 37.0 Å². The molecule has 0 aromatic carbocycles. The molecular weight excluding hydrogens is 244 g/mol. The number of thiophene rings is 1. The van der Waals surface area contributed by atoms with Gasteiger partial charge in [0, 0.05) is 26.4 Å². The van der Waals surface area contributed by atoms with E-state index in [-0.39, 0.29) is 10.6 Å². The van der Waals surface area contributed by atoms with Crippen molar-refractivity contribution in [3.05, 3.63) is 32.1 Å². The summed E-state index contributed by atoms with van der Waals surface area (Å²) in [6.07, 6.45) is 3.27. The fourth-order valence-corrected chi connectivity index (χ4v) is 2.02. The Morgan fingerprint density at radius 2 is 2.24 bits per heavy atom. The maximum Gasteiger partial charge on any atom is 0.348 e. The van der Waals surface area contributed by atoms with Gasteiger partial charge in [0.05, 0.1) is 12.0 Å². The molecule has 6 nitrogen and oxygen atoms in total. The molecule has 0 amide bonds. The summed E-state index contributed by atoms with van der Waals surface area (Å²) in [7, 11) is 4.84. The highest BCUT2D eigenvalue weighted by Gasteiger charge is 2.21. The first-order valence-electron chi connectivity index (χ1n) is 4.67. The second-order valence-electron chi connectivity index (χ2n) is 3.39. The van der Waals surface area contributed by atoms with E-state index >= 15 is 0 Å². The molecule has 0 aliphatic heterocycles. The van der Waals surface area contributed by atoms with Crippen molar-refractivity contribution in [3.8, 4) is 0 Å². The summed E-state index contributed by atoms with van der Waals surface area (Å²) >= 11 is 1.03. The monoisotopic (exact) mass is 256 g/mol. The Hall–Kier alpha value is -1.89. The number of nitro groups is 1. The van der Waals surface area contributed by atoms with Crippen molar-refractivity contribution in [3.63, 3.8) is 0 Å². The number of esters is 1. The molecule has 0 radical (unpaired) electrons. The van der Waals surface area contributed by atoms with Crippen LogP contribution in [0.1, 0.15) is 14.5 Å². The van der Waals surface area contributed by atoms with Gasteiger partial charge in [-0.3, -0.25) is 10.1 Å². The SMILES string of the molecule is COC(=O)c1cc([N+](=O)[O-])c(/C=C/N(C)C)s1. The first-order valence-corrected chi connectivity index (χ1v) is 5.48. The second-order valence-corrected chi connectivity index (χ2v) is 4.47. The number of rotatable bonds is 4. The van der Waals surface area contributed by atoms with Gasteiger partial charge in [0.2, 0.25) is 0 Å². The van der Waals surface area contributed by atoms with Gasteiger partial charge in [-0.05, 0) is 6.08 Å². The van der Waals surface area contributed by atoms with Crippen molar-refractivity contribution in [1.29, 1.82) is 0 Å². The van der Waals surface area contributed by atoms with Crippen LogP contribution in [0, 0.1) is 10.1 Å². The summed E-state index contributed by atoms with van der Waals surface area (Å²) in [6.45, 7) is 0. The maximum absolute atomic E-state index is 11.3. The number of methoxy groups -OCH3 is 1. The van der Waals surface area contributed by atoms with Crippen molar-refractivity contribution < 1.29 is 14.5 Å². The average molecular weight is 256 g/mol. The van der Waals surface area contributed by atoms with Gasteiger partial charge < -0.3 is 9.64 Å². The lowest BCUT2D eigenvalue weighted by Crippen LogP contribution is -1.99. The fourth-order valence-electron chi connectivity index (χ4n) is 1.08. The van der Waals surface area contributed by atoms with E-state index in [0.29, 0.717) is 4.88 Å². The zero-order valence-corrected chi connectivity index (χ0v) is 10.5. The highest BCUT2D eigenvalue weighted by molar-refractivity contribution is 7.15. The molecule has 0 saturated heterocycles. The number of carbonyl (C=O) groups excluding carboxylic acids is 1. The van der Waals surface area contributed by atoms with Crippen LogP contribution >= 0.6 is 11.3 Å². The van der Waals surface area contributed by atoms with E-state index < -0.39 is 10.9 Å². The van der Waals surface area contributed by atoms with Crippen molar-refractivity contribution >= 4 is 29.1 Å². The predicted octanol–water partition coefficient (Wildman–Crippen LogP) is 1.98. The molecule has 17 heavy (non-hydrogen) atoms. The minimum atomic E-state index is -0.567. The third-order valence-corrected chi connectivity index (χ3v) is 2.92.